The molecule has 25 heavy (non-hydrogen) atoms. The molecular formula is C18H28N2O4S. The minimum absolute atomic E-state index is 0.132. The fourth-order valence-electron chi connectivity index (χ4n) is 2.88. The zero-order valence-electron chi connectivity index (χ0n) is 15.1. The molecule has 0 aromatic heterocycles. The van der Waals surface area contributed by atoms with Crippen LogP contribution in [0.5, 0.6) is 0 Å². The Balaban J connectivity index is 1.90. The van der Waals surface area contributed by atoms with Crippen LogP contribution in [0.1, 0.15) is 48.5 Å². The average Bonchev–Trinajstić information content (AvgIpc) is 2.59. The summed E-state index contributed by atoms with van der Waals surface area (Å²) in [5.74, 6) is -0.132. The molecule has 7 heteroatoms. The van der Waals surface area contributed by atoms with E-state index in [1.54, 1.807) is 18.2 Å². The van der Waals surface area contributed by atoms with Crippen molar-refractivity contribution in [1.82, 2.24) is 5.32 Å². The van der Waals surface area contributed by atoms with E-state index in [9.17, 15) is 13.2 Å². The second kappa shape index (κ2) is 9.20. The molecule has 1 aliphatic heterocycles. The summed E-state index contributed by atoms with van der Waals surface area (Å²) in [6.45, 7) is 4.60. The van der Waals surface area contributed by atoms with Gasteiger partial charge in [0.2, 0.25) is 10.0 Å². The van der Waals surface area contributed by atoms with E-state index in [1.165, 1.54) is 10.6 Å². The number of fused-ring (bicyclic) bond motifs is 1. The van der Waals surface area contributed by atoms with Gasteiger partial charge in [0.05, 0.1) is 11.9 Å². The smallest absolute Gasteiger partial charge is 0.251 e. The Morgan fingerprint density at radius 3 is 2.76 bits per heavy atom. The Bertz CT molecular complexity index is 688. The SMILES string of the molecule is CCCCOCCCNC(=O)c1ccc2c(c1)CCCN2S(C)(=O)=O. The maximum atomic E-state index is 12.3. The number of ether oxygens (including phenoxy) is 1. The predicted molar refractivity (Wildman–Crippen MR) is 99.6 cm³/mol. The number of aryl methyl sites for hydroxylation is 1. The lowest BCUT2D eigenvalue weighted by molar-refractivity contribution is 0.0940. The molecule has 0 fully saturated rings. The summed E-state index contributed by atoms with van der Waals surface area (Å²) >= 11 is 0. The van der Waals surface area contributed by atoms with Crippen molar-refractivity contribution in [2.75, 3.05) is 36.9 Å². The number of hydrogen-bond donors (Lipinski definition) is 1. The normalized spacial score (nSPS) is 14.2. The van der Waals surface area contributed by atoms with Crippen molar-refractivity contribution in [2.45, 2.75) is 39.0 Å². The highest BCUT2D eigenvalue weighted by atomic mass is 32.2. The molecule has 0 aliphatic carbocycles. The lowest BCUT2D eigenvalue weighted by Gasteiger charge is -2.29. The number of anilines is 1. The van der Waals surface area contributed by atoms with Crippen LogP contribution in [-0.4, -0.2) is 46.9 Å². The highest BCUT2D eigenvalue weighted by molar-refractivity contribution is 7.92. The van der Waals surface area contributed by atoms with Crippen LogP contribution < -0.4 is 9.62 Å². The maximum absolute atomic E-state index is 12.3. The lowest BCUT2D eigenvalue weighted by Crippen LogP contribution is -2.34. The average molecular weight is 368 g/mol. The third kappa shape index (κ3) is 5.71. The van der Waals surface area contributed by atoms with E-state index < -0.39 is 10.0 Å². The van der Waals surface area contributed by atoms with Crippen LogP contribution in [-0.2, 0) is 21.2 Å². The zero-order chi connectivity index (χ0) is 18.3. The van der Waals surface area contributed by atoms with E-state index in [2.05, 4.69) is 12.2 Å². The monoisotopic (exact) mass is 368 g/mol. The number of nitrogens with zero attached hydrogens (tertiary/aromatic N) is 1. The second-order valence-electron chi connectivity index (χ2n) is 6.36. The Morgan fingerprint density at radius 2 is 2.04 bits per heavy atom. The number of nitrogens with one attached hydrogen (secondary N) is 1. The molecule has 0 bridgehead atoms. The van der Waals surface area contributed by atoms with Crippen LogP contribution in [0, 0.1) is 0 Å². The summed E-state index contributed by atoms with van der Waals surface area (Å²) in [5.41, 5.74) is 2.17. The van der Waals surface area contributed by atoms with E-state index in [0.717, 1.165) is 44.3 Å². The number of sulfonamides is 1. The fourth-order valence-corrected chi connectivity index (χ4v) is 3.87. The Labute approximate surface area is 150 Å². The number of rotatable bonds is 9. The first kappa shape index (κ1) is 19.7. The first-order valence-corrected chi connectivity index (χ1v) is 10.7. The molecule has 0 unspecified atom stereocenters. The van der Waals surface area contributed by atoms with Crippen LogP contribution in [0.15, 0.2) is 18.2 Å². The molecule has 0 radical (unpaired) electrons. The molecule has 1 heterocycles. The number of unbranched alkanes of at least 4 members (excludes halogenated alkanes) is 1. The standard InChI is InChI=1S/C18H28N2O4S/c1-3-4-12-24-13-6-10-19-18(21)16-8-9-17-15(14-16)7-5-11-20(17)25(2,22)23/h8-9,14H,3-7,10-13H2,1-2H3,(H,19,21). The van der Waals surface area contributed by atoms with Gasteiger partial charge < -0.3 is 10.1 Å². The highest BCUT2D eigenvalue weighted by Gasteiger charge is 2.24. The summed E-state index contributed by atoms with van der Waals surface area (Å²) in [7, 11) is -3.28. The van der Waals surface area contributed by atoms with Gasteiger partial charge in [-0.25, -0.2) is 8.42 Å². The van der Waals surface area contributed by atoms with Gasteiger partial charge in [-0.05, 0) is 49.4 Å². The van der Waals surface area contributed by atoms with E-state index in [0.29, 0.717) is 30.9 Å². The topological polar surface area (TPSA) is 75.7 Å². The van der Waals surface area contributed by atoms with Crippen molar-refractivity contribution in [1.29, 1.82) is 0 Å². The van der Waals surface area contributed by atoms with Gasteiger partial charge in [-0.1, -0.05) is 13.3 Å². The third-order valence-corrected chi connectivity index (χ3v) is 5.39. The summed E-state index contributed by atoms with van der Waals surface area (Å²) in [6, 6.07) is 5.23. The van der Waals surface area contributed by atoms with Gasteiger partial charge in [0.25, 0.3) is 5.91 Å². The van der Waals surface area contributed by atoms with E-state index in [4.69, 9.17) is 4.74 Å². The van der Waals surface area contributed by atoms with E-state index in [-0.39, 0.29) is 5.91 Å². The Kier molecular flexibility index (Phi) is 7.25. The maximum Gasteiger partial charge on any atom is 0.251 e. The van der Waals surface area contributed by atoms with Crippen molar-refractivity contribution < 1.29 is 17.9 Å². The van der Waals surface area contributed by atoms with Crippen molar-refractivity contribution in [3.63, 3.8) is 0 Å². The predicted octanol–water partition coefficient (Wildman–Crippen LogP) is 2.34. The number of carbonyl (C=O) groups excluding carboxylic acids is 1. The summed E-state index contributed by atoms with van der Waals surface area (Å²) < 4.78 is 30.6. The molecule has 2 rings (SSSR count). The molecule has 0 spiro atoms. The number of carbonyl (C=O) groups is 1. The molecule has 140 valence electrons. The highest BCUT2D eigenvalue weighted by Crippen LogP contribution is 2.29. The molecule has 6 nitrogen and oxygen atoms in total. The third-order valence-electron chi connectivity index (χ3n) is 4.21. The first-order chi connectivity index (χ1) is 11.9. The largest absolute Gasteiger partial charge is 0.381 e. The van der Waals surface area contributed by atoms with Crippen LogP contribution in [0.25, 0.3) is 0 Å². The van der Waals surface area contributed by atoms with E-state index >= 15 is 0 Å². The van der Waals surface area contributed by atoms with Gasteiger partial charge in [0, 0.05) is 31.9 Å². The molecule has 1 aromatic rings. The number of hydrogen-bond acceptors (Lipinski definition) is 4. The summed E-state index contributed by atoms with van der Waals surface area (Å²) in [5, 5.41) is 2.89. The molecule has 0 saturated heterocycles. The second-order valence-corrected chi connectivity index (χ2v) is 8.26. The van der Waals surface area contributed by atoms with Gasteiger partial charge >= 0.3 is 0 Å². The Hall–Kier alpha value is -1.60. The minimum Gasteiger partial charge on any atom is -0.381 e. The summed E-state index contributed by atoms with van der Waals surface area (Å²) in [6.07, 6.45) is 5.72. The molecule has 1 N–H and O–H groups in total. The van der Waals surface area contributed by atoms with Gasteiger partial charge in [0.15, 0.2) is 0 Å². The first-order valence-electron chi connectivity index (χ1n) is 8.90. The molecule has 1 aromatic carbocycles. The van der Waals surface area contributed by atoms with Crippen LogP contribution in [0.2, 0.25) is 0 Å². The fraction of sp³-hybridized carbons (Fsp3) is 0.611. The van der Waals surface area contributed by atoms with E-state index in [1.807, 2.05) is 0 Å². The van der Waals surface area contributed by atoms with Gasteiger partial charge in [-0.15, -0.1) is 0 Å². The minimum atomic E-state index is -3.28. The van der Waals surface area contributed by atoms with Gasteiger partial charge in [-0.2, -0.15) is 0 Å². The number of amides is 1. The quantitative estimate of drug-likeness (QED) is 0.679. The van der Waals surface area contributed by atoms with Gasteiger partial charge in [-0.3, -0.25) is 9.10 Å². The van der Waals surface area contributed by atoms with Crippen molar-refractivity contribution in [2.24, 2.45) is 0 Å². The lowest BCUT2D eigenvalue weighted by atomic mass is 10.0. The molecule has 0 atom stereocenters. The molecule has 1 amide bonds. The summed E-state index contributed by atoms with van der Waals surface area (Å²) in [4.78, 5) is 12.3. The number of benzene rings is 1. The Morgan fingerprint density at radius 1 is 1.28 bits per heavy atom. The van der Waals surface area contributed by atoms with Crippen molar-refractivity contribution in [3.8, 4) is 0 Å². The van der Waals surface area contributed by atoms with Crippen LogP contribution in [0.4, 0.5) is 5.69 Å². The van der Waals surface area contributed by atoms with Gasteiger partial charge in [0.1, 0.15) is 0 Å². The zero-order valence-corrected chi connectivity index (χ0v) is 15.9. The van der Waals surface area contributed by atoms with Crippen molar-refractivity contribution >= 4 is 21.6 Å². The molecule has 0 saturated carbocycles. The van der Waals surface area contributed by atoms with Crippen molar-refractivity contribution in [3.05, 3.63) is 29.3 Å². The molecule has 1 aliphatic rings. The van der Waals surface area contributed by atoms with Crippen LogP contribution >= 0.6 is 0 Å². The van der Waals surface area contributed by atoms with Crippen LogP contribution in [0.3, 0.4) is 0 Å². The molecular weight excluding hydrogens is 340 g/mol.